The van der Waals surface area contributed by atoms with Crippen LogP contribution in [-0.4, -0.2) is 66.9 Å². The average Bonchev–Trinajstić information content (AvgIpc) is 3.01. The second-order valence-corrected chi connectivity index (χ2v) is 7.18. The maximum Gasteiger partial charge on any atom is 0.237 e. The molecule has 3 atom stereocenters. The molecule has 3 heterocycles. The van der Waals surface area contributed by atoms with E-state index < -0.39 is 0 Å². The third-order valence-electron chi connectivity index (χ3n) is 5.41. The molecule has 0 saturated carbocycles. The van der Waals surface area contributed by atoms with Gasteiger partial charge in [-0.2, -0.15) is 0 Å². The molecule has 126 valence electrons. The Morgan fingerprint density at radius 3 is 2.41 bits per heavy atom. The van der Waals surface area contributed by atoms with Crippen LogP contribution in [0.2, 0.25) is 0 Å². The minimum Gasteiger partial charge on any atom is -0.350 e. The van der Waals surface area contributed by atoms with Gasteiger partial charge in [0.1, 0.15) is 0 Å². The highest BCUT2D eigenvalue weighted by Crippen LogP contribution is 2.26. The van der Waals surface area contributed by atoms with E-state index in [9.17, 15) is 4.79 Å². The second kappa shape index (κ2) is 7.28. The van der Waals surface area contributed by atoms with E-state index in [0.29, 0.717) is 43.7 Å². The van der Waals surface area contributed by atoms with Crippen LogP contribution in [0.5, 0.6) is 0 Å². The predicted octanol–water partition coefficient (Wildman–Crippen LogP) is 1.86. The minimum absolute atomic E-state index is 0.0502. The molecule has 0 aromatic carbocycles. The monoisotopic (exact) mass is 310 g/mol. The number of hydrogen-bond donors (Lipinski definition) is 0. The molecule has 3 aliphatic heterocycles. The first-order chi connectivity index (χ1) is 10.6. The van der Waals surface area contributed by atoms with Gasteiger partial charge in [-0.05, 0) is 52.5 Å². The van der Waals surface area contributed by atoms with Gasteiger partial charge in [0.25, 0.3) is 0 Å². The van der Waals surface area contributed by atoms with Crippen molar-refractivity contribution in [1.82, 2.24) is 9.80 Å². The first-order valence-electron chi connectivity index (χ1n) is 8.92. The fourth-order valence-electron chi connectivity index (χ4n) is 4.29. The summed E-state index contributed by atoms with van der Waals surface area (Å²) in [5, 5.41) is 0. The quantitative estimate of drug-likeness (QED) is 0.798. The van der Waals surface area contributed by atoms with E-state index in [1.165, 1.54) is 6.42 Å². The highest BCUT2D eigenvalue weighted by molar-refractivity contribution is 5.79. The van der Waals surface area contributed by atoms with Gasteiger partial charge in [-0.25, -0.2) is 0 Å². The van der Waals surface area contributed by atoms with E-state index >= 15 is 0 Å². The fourth-order valence-corrected chi connectivity index (χ4v) is 4.29. The molecule has 0 N–H and O–H groups in total. The van der Waals surface area contributed by atoms with Gasteiger partial charge >= 0.3 is 0 Å². The lowest BCUT2D eigenvalue weighted by atomic mass is 9.96. The van der Waals surface area contributed by atoms with Gasteiger partial charge in [0.15, 0.2) is 6.29 Å². The van der Waals surface area contributed by atoms with E-state index in [2.05, 4.69) is 23.6 Å². The number of piperidine rings is 2. The number of rotatable bonds is 3. The number of amides is 1. The van der Waals surface area contributed by atoms with E-state index in [1.807, 2.05) is 0 Å². The summed E-state index contributed by atoms with van der Waals surface area (Å²) in [4.78, 5) is 17.2. The lowest BCUT2D eigenvalue weighted by Gasteiger charge is -2.41. The Hall–Kier alpha value is -0.650. The molecule has 3 aliphatic rings. The van der Waals surface area contributed by atoms with Crippen molar-refractivity contribution in [2.75, 3.05) is 32.8 Å². The number of hydrogen-bond acceptors (Lipinski definition) is 4. The summed E-state index contributed by atoms with van der Waals surface area (Å²) in [5.74, 6) is 0.717. The van der Waals surface area contributed by atoms with E-state index in [-0.39, 0.29) is 6.29 Å². The van der Waals surface area contributed by atoms with Gasteiger partial charge in [0, 0.05) is 24.5 Å². The Morgan fingerprint density at radius 1 is 1.05 bits per heavy atom. The van der Waals surface area contributed by atoms with Crippen LogP contribution in [0.25, 0.3) is 0 Å². The molecule has 3 rings (SSSR count). The van der Waals surface area contributed by atoms with Crippen molar-refractivity contribution in [3.63, 3.8) is 0 Å². The van der Waals surface area contributed by atoms with Gasteiger partial charge < -0.3 is 14.4 Å². The Morgan fingerprint density at radius 2 is 1.73 bits per heavy atom. The van der Waals surface area contributed by atoms with Crippen molar-refractivity contribution in [2.45, 2.75) is 64.3 Å². The maximum absolute atomic E-state index is 12.7. The van der Waals surface area contributed by atoms with Crippen LogP contribution in [0.4, 0.5) is 0 Å². The van der Waals surface area contributed by atoms with Crippen LogP contribution < -0.4 is 0 Å². The molecule has 0 aromatic heterocycles. The SMILES string of the molecule is C[C@@H]1CCC[C@H](C)N1C(=O)CN1CCC[C@H](C2OCCO2)C1. The van der Waals surface area contributed by atoms with Crippen LogP contribution in [0, 0.1) is 5.92 Å². The minimum atomic E-state index is -0.0502. The summed E-state index contributed by atoms with van der Waals surface area (Å²) < 4.78 is 11.3. The molecule has 0 spiro atoms. The molecular formula is C17H30N2O3. The topological polar surface area (TPSA) is 42.0 Å². The molecule has 1 amide bonds. The highest BCUT2D eigenvalue weighted by Gasteiger charge is 2.34. The Balaban J connectivity index is 1.54. The second-order valence-electron chi connectivity index (χ2n) is 7.18. The normalized spacial score (nSPS) is 35.0. The third-order valence-corrected chi connectivity index (χ3v) is 5.41. The summed E-state index contributed by atoms with van der Waals surface area (Å²) in [6, 6.07) is 0.775. The van der Waals surface area contributed by atoms with Crippen LogP contribution >= 0.6 is 0 Å². The number of ether oxygens (including phenoxy) is 2. The van der Waals surface area contributed by atoms with Gasteiger partial charge in [-0.15, -0.1) is 0 Å². The van der Waals surface area contributed by atoms with Crippen molar-refractivity contribution in [3.05, 3.63) is 0 Å². The molecule has 0 radical (unpaired) electrons. The largest absolute Gasteiger partial charge is 0.350 e. The first-order valence-corrected chi connectivity index (χ1v) is 8.92. The predicted molar refractivity (Wildman–Crippen MR) is 84.5 cm³/mol. The van der Waals surface area contributed by atoms with Crippen LogP contribution in [0.1, 0.15) is 46.0 Å². The highest BCUT2D eigenvalue weighted by atomic mass is 16.7. The fraction of sp³-hybridized carbons (Fsp3) is 0.941. The first kappa shape index (κ1) is 16.2. The summed E-state index contributed by atoms with van der Waals surface area (Å²) >= 11 is 0. The summed E-state index contributed by atoms with van der Waals surface area (Å²) in [6.45, 7) is 8.29. The number of carbonyl (C=O) groups is 1. The molecule has 0 bridgehead atoms. The number of likely N-dealkylation sites (tertiary alicyclic amines) is 2. The van der Waals surface area contributed by atoms with Gasteiger partial charge in [-0.1, -0.05) is 0 Å². The van der Waals surface area contributed by atoms with E-state index in [1.54, 1.807) is 0 Å². The van der Waals surface area contributed by atoms with Crippen molar-refractivity contribution >= 4 is 5.91 Å². The molecule has 5 heteroatoms. The molecule has 0 unspecified atom stereocenters. The smallest absolute Gasteiger partial charge is 0.237 e. The summed E-state index contributed by atoms with van der Waals surface area (Å²) in [7, 11) is 0. The van der Waals surface area contributed by atoms with Crippen molar-refractivity contribution in [3.8, 4) is 0 Å². The van der Waals surface area contributed by atoms with E-state index in [4.69, 9.17) is 9.47 Å². The Labute approximate surface area is 133 Å². The standard InChI is InChI=1S/C17H30N2O3/c1-13-5-3-6-14(2)19(13)16(20)12-18-8-4-7-15(11-18)17-21-9-10-22-17/h13-15,17H,3-12H2,1-2H3/t13-,14+,15-/m0/s1. The lowest BCUT2D eigenvalue weighted by molar-refractivity contribution is -0.140. The van der Waals surface area contributed by atoms with E-state index in [0.717, 1.165) is 38.8 Å². The van der Waals surface area contributed by atoms with Crippen molar-refractivity contribution in [2.24, 2.45) is 5.92 Å². The van der Waals surface area contributed by atoms with Gasteiger partial charge in [0.2, 0.25) is 5.91 Å². The summed E-state index contributed by atoms with van der Waals surface area (Å²) in [5.41, 5.74) is 0. The van der Waals surface area contributed by atoms with Crippen LogP contribution in [-0.2, 0) is 14.3 Å². The van der Waals surface area contributed by atoms with Gasteiger partial charge in [-0.3, -0.25) is 9.69 Å². The Kier molecular flexibility index (Phi) is 5.37. The average molecular weight is 310 g/mol. The maximum atomic E-state index is 12.7. The Bertz CT molecular complexity index is 374. The molecule has 0 aliphatic carbocycles. The molecular weight excluding hydrogens is 280 g/mol. The molecule has 5 nitrogen and oxygen atoms in total. The molecule has 3 saturated heterocycles. The van der Waals surface area contributed by atoms with Crippen molar-refractivity contribution in [1.29, 1.82) is 0 Å². The molecule has 22 heavy (non-hydrogen) atoms. The van der Waals surface area contributed by atoms with Gasteiger partial charge in [0.05, 0.1) is 19.8 Å². The van der Waals surface area contributed by atoms with Crippen LogP contribution in [0.3, 0.4) is 0 Å². The molecule has 3 fully saturated rings. The van der Waals surface area contributed by atoms with Crippen LogP contribution in [0.15, 0.2) is 0 Å². The zero-order valence-corrected chi connectivity index (χ0v) is 14.0. The zero-order valence-electron chi connectivity index (χ0n) is 14.0. The zero-order chi connectivity index (χ0) is 15.5. The third kappa shape index (κ3) is 3.63. The summed E-state index contributed by atoms with van der Waals surface area (Å²) in [6.07, 6.45) is 5.75. The molecule has 0 aromatic rings. The lowest BCUT2D eigenvalue weighted by Crippen LogP contribution is -2.52. The van der Waals surface area contributed by atoms with Crippen molar-refractivity contribution < 1.29 is 14.3 Å². The number of carbonyl (C=O) groups excluding carboxylic acids is 1. The number of nitrogens with zero attached hydrogens (tertiary/aromatic N) is 2.